The molecule has 1 saturated heterocycles. The Morgan fingerprint density at radius 1 is 1.04 bits per heavy atom. The van der Waals surface area contributed by atoms with E-state index in [0.717, 1.165) is 25.7 Å². The van der Waals surface area contributed by atoms with Crippen LogP contribution < -0.4 is 4.74 Å². The predicted octanol–water partition coefficient (Wildman–Crippen LogP) is 3.61. The second kappa shape index (κ2) is 7.32. The Bertz CT molecular complexity index is 1060. The van der Waals surface area contributed by atoms with Gasteiger partial charge >= 0.3 is 0 Å². The van der Waals surface area contributed by atoms with Crippen LogP contribution in [0.25, 0.3) is 10.9 Å². The molecule has 0 amide bonds. The van der Waals surface area contributed by atoms with Gasteiger partial charge in [-0.15, -0.1) is 0 Å². The predicted molar refractivity (Wildman–Crippen MR) is 101 cm³/mol. The number of fused-ring (bicyclic) bond motifs is 1. The Labute approximate surface area is 157 Å². The summed E-state index contributed by atoms with van der Waals surface area (Å²) in [5, 5.41) is 0.497. The maximum absolute atomic E-state index is 14.1. The summed E-state index contributed by atoms with van der Waals surface area (Å²) in [6.07, 6.45) is 3.85. The normalized spacial score (nSPS) is 15.4. The highest BCUT2D eigenvalue weighted by molar-refractivity contribution is 7.91. The fourth-order valence-corrected chi connectivity index (χ4v) is 5.01. The Balaban J connectivity index is 1.63. The van der Waals surface area contributed by atoms with Gasteiger partial charge in [-0.1, -0.05) is 24.3 Å². The van der Waals surface area contributed by atoms with Crippen molar-refractivity contribution in [1.82, 2.24) is 9.88 Å². The minimum atomic E-state index is -3.97. The zero-order chi connectivity index (χ0) is 18.9. The first-order valence-corrected chi connectivity index (χ1v) is 10.5. The van der Waals surface area contributed by atoms with Crippen molar-refractivity contribution in [2.75, 3.05) is 26.2 Å². The third-order valence-electron chi connectivity index (χ3n) is 4.92. The van der Waals surface area contributed by atoms with Gasteiger partial charge in [-0.3, -0.25) is 4.90 Å². The van der Waals surface area contributed by atoms with Gasteiger partial charge in [0.1, 0.15) is 23.1 Å². The van der Waals surface area contributed by atoms with Crippen molar-refractivity contribution < 1.29 is 17.5 Å². The lowest BCUT2D eigenvalue weighted by molar-refractivity contribution is 0.239. The SMILES string of the molecule is O=S(=O)(c1ccccc1F)c1c[nH]c2c(OCCN3CCCC3)cccc12. The molecule has 1 N–H and O–H groups in total. The summed E-state index contributed by atoms with van der Waals surface area (Å²) in [6.45, 7) is 3.58. The van der Waals surface area contributed by atoms with E-state index in [-0.39, 0.29) is 9.79 Å². The molecule has 0 atom stereocenters. The van der Waals surface area contributed by atoms with Crippen LogP contribution in [-0.2, 0) is 9.84 Å². The molecule has 1 aliphatic rings. The summed E-state index contributed by atoms with van der Waals surface area (Å²) in [5.74, 6) is -0.161. The molecular weight excluding hydrogens is 367 g/mol. The van der Waals surface area contributed by atoms with Gasteiger partial charge in [0.25, 0.3) is 0 Å². The summed E-state index contributed by atoms with van der Waals surface area (Å²) < 4.78 is 45.8. The molecule has 5 nitrogen and oxygen atoms in total. The van der Waals surface area contributed by atoms with Gasteiger partial charge in [-0.05, 0) is 44.1 Å². The number of likely N-dealkylation sites (tertiary alicyclic amines) is 1. The van der Waals surface area contributed by atoms with Crippen LogP contribution >= 0.6 is 0 Å². The zero-order valence-electron chi connectivity index (χ0n) is 14.8. The molecule has 1 aliphatic heterocycles. The summed E-state index contributed by atoms with van der Waals surface area (Å²) >= 11 is 0. The van der Waals surface area contributed by atoms with Crippen LogP contribution in [0, 0.1) is 5.82 Å². The molecule has 142 valence electrons. The Morgan fingerprint density at radius 3 is 2.59 bits per heavy atom. The molecular formula is C20H21FN2O3S. The van der Waals surface area contributed by atoms with E-state index in [1.807, 2.05) is 6.07 Å². The van der Waals surface area contributed by atoms with Crippen LogP contribution in [0.4, 0.5) is 4.39 Å². The third-order valence-corrected chi connectivity index (χ3v) is 6.75. The van der Waals surface area contributed by atoms with E-state index in [1.165, 1.54) is 37.2 Å². The number of halogens is 1. The molecule has 4 rings (SSSR count). The Kier molecular flexibility index (Phi) is 4.88. The topological polar surface area (TPSA) is 62.4 Å². The van der Waals surface area contributed by atoms with Gasteiger partial charge in [0.2, 0.25) is 9.84 Å². The van der Waals surface area contributed by atoms with Gasteiger partial charge in [0, 0.05) is 18.1 Å². The number of nitrogens with one attached hydrogen (secondary N) is 1. The third kappa shape index (κ3) is 3.44. The minimum absolute atomic E-state index is 0.0487. The van der Waals surface area contributed by atoms with Crippen molar-refractivity contribution in [3.05, 3.63) is 54.5 Å². The molecule has 0 aliphatic carbocycles. The summed E-state index contributed by atoms with van der Waals surface area (Å²) in [4.78, 5) is 5.06. The number of ether oxygens (including phenoxy) is 1. The Morgan fingerprint density at radius 2 is 1.81 bits per heavy atom. The van der Waals surface area contributed by atoms with E-state index in [0.29, 0.717) is 23.3 Å². The lowest BCUT2D eigenvalue weighted by Crippen LogP contribution is -2.25. The van der Waals surface area contributed by atoms with Gasteiger partial charge in [-0.25, -0.2) is 12.8 Å². The molecule has 0 spiro atoms. The second-order valence-electron chi connectivity index (χ2n) is 6.66. The first-order valence-electron chi connectivity index (χ1n) is 9.02. The molecule has 0 unspecified atom stereocenters. The monoisotopic (exact) mass is 388 g/mol. The average molecular weight is 388 g/mol. The molecule has 2 heterocycles. The molecule has 27 heavy (non-hydrogen) atoms. The van der Waals surface area contributed by atoms with E-state index in [4.69, 9.17) is 4.74 Å². The number of hydrogen-bond donors (Lipinski definition) is 1. The molecule has 7 heteroatoms. The lowest BCUT2D eigenvalue weighted by atomic mass is 10.2. The maximum atomic E-state index is 14.1. The zero-order valence-corrected chi connectivity index (χ0v) is 15.6. The summed E-state index contributed by atoms with van der Waals surface area (Å²) in [7, 11) is -3.97. The van der Waals surface area contributed by atoms with E-state index < -0.39 is 15.7 Å². The van der Waals surface area contributed by atoms with Gasteiger partial charge < -0.3 is 9.72 Å². The van der Waals surface area contributed by atoms with Crippen LogP contribution in [-0.4, -0.2) is 44.5 Å². The number of rotatable bonds is 6. The highest BCUT2D eigenvalue weighted by atomic mass is 32.2. The van der Waals surface area contributed by atoms with Crippen LogP contribution in [0.1, 0.15) is 12.8 Å². The highest BCUT2D eigenvalue weighted by Crippen LogP contribution is 2.33. The van der Waals surface area contributed by atoms with Gasteiger partial charge in [0.05, 0.1) is 10.4 Å². The molecule has 0 saturated carbocycles. The summed E-state index contributed by atoms with van der Waals surface area (Å²) in [6, 6.07) is 10.7. The molecule has 1 fully saturated rings. The average Bonchev–Trinajstić information content (AvgIpc) is 3.32. The standard InChI is InChI=1S/C20H21FN2O3S/c21-16-7-1-2-9-18(16)27(24,25)19-14-22-20-15(19)6-5-8-17(20)26-13-12-23-10-3-4-11-23/h1-2,5-9,14,22H,3-4,10-13H2. The highest BCUT2D eigenvalue weighted by Gasteiger charge is 2.25. The van der Waals surface area contributed by atoms with Crippen molar-refractivity contribution in [3.63, 3.8) is 0 Å². The minimum Gasteiger partial charge on any atom is -0.490 e. The largest absolute Gasteiger partial charge is 0.490 e. The molecule has 0 bridgehead atoms. The smallest absolute Gasteiger partial charge is 0.211 e. The fourth-order valence-electron chi connectivity index (χ4n) is 3.52. The van der Waals surface area contributed by atoms with Crippen molar-refractivity contribution in [3.8, 4) is 5.75 Å². The van der Waals surface area contributed by atoms with Gasteiger partial charge in [-0.2, -0.15) is 0 Å². The van der Waals surface area contributed by atoms with Crippen LogP contribution in [0.2, 0.25) is 0 Å². The van der Waals surface area contributed by atoms with E-state index in [1.54, 1.807) is 12.1 Å². The van der Waals surface area contributed by atoms with Crippen LogP contribution in [0.5, 0.6) is 5.75 Å². The number of sulfone groups is 1. The number of benzene rings is 2. The first kappa shape index (κ1) is 18.0. The van der Waals surface area contributed by atoms with Crippen LogP contribution in [0.15, 0.2) is 58.5 Å². The number of para-hydroxylation sites is 1. The molecule has 2 aromatic carbocycles. The number of aromatic amines is 1. The van der Waals surface area contributed by atoms with E-state index in [2.05, 4.69) is 9.88 Å². The van der Waals surface area contributed by atoms with Crippen molar-refractivity contribution >= 4 is 20.7 Å². The van der Waals surface area contributed by atoms with E-state index >= 15 is 0 Å². The molecule has 0 radical (unpaired) electrons. The van der Waals surface area contributed by atoms with Crippen molar-refractivity contribution in [2.24, 2.45) is 0 Å². The first-order chi connectivity index (χ1) is 13.1. The number of aromatic nitrogens is 1. The lowest BCUT2D eigenvalue weighted by Gasteiger charge is -2.15. The second-order valence-corrected chi connectivity index (χ2v) is 8.55. The van der Waals surface area contributed by atoms with Crippen LogP contribution in [0.3, 0.4) is 0 Å². The maximum Gasteiger partial charge on any atom is 0.211 e. The number of H-pyrrole nitrogens is 1. The molecule has 3 aromatic rings. The quantitative estimate of drug-likeness (QED) is 0.701. The van der Waals surface area contributed by atoms with Crippen molar-refractivity contribution in [1.29, 1.82) is 0 Å². The van der Waals surface area contributed by atoms with E-state index in [9.17, 15) is 12.8 Å². The Hall–Kier alpha value is -2.38. The molecule has 1 aromatic heterocycles. The number of nitrogens with zero attached hydrogens (tertiary/aromatic N) is 1. The summed E-state index contributed by atoms with van der Waals surface area (Å²) in [5.41, 5.74) is 0.605. The number of hydrogen-bond acceptors (Lipinski definition) is 4. The fraction of sp³-hybridized carbons (Fsp3) is 0.300. The van der Waals surface area contributed by atoms with Gasteiger partial charge in [0.15, 0.2) is 0 Å². The van der Waals surface area contributed by atoms with Crippen molar-refractivity contribution in [2.45, 2.75) is 22.6 Å².